The van der Waals surface area contributed by atoms with Crippen LogP contribution in [0, 0.1) is 30.1 Å². The molecule has 11 heteroatoms. The summed E-state index contributed by atoms with van der Waals surface area (Å²) < 4.78 is 23.5. The van der Waals surface area contributed by atoms with Crippen LogP contribution in [0.3, 0.4) is 0 Å². The van der Waals surface area contributed by atoms with E-state index < -0.39 is 0 Å². The molecular weight excluding hydrogens is 486 g/mol. The van der Waals surface area contributed by atoms with Gasteiger partial charge in [-0.3, -0.25) is 0 Å². The zero-order valence-corrected chi connectivity index (χ0v) is 21.2. The van der Waals surface area contributed by atoms with Crippen LogP contribution in [-0.4, -0.2) is 66.1 Å². The number of piperidine rings is 1. The first-order chi connectivity index (χ1) is 17.3. The number of carbonyl (C=O) groups excluding carboxylic acids is 1. The molecule has 2 unspecified atom stereocenters. The van der Waals surface area contributed by atoms with Gasteiger partial charge in [-0.05, 0) is 44.4 Å². The number of carbonyl (C=O) groups is 1. The summed E-state index contributed by atoms with van der Waals surface area (Å²) in [6.07, 6.45) is 2.72. The fourth-order valence-electron chi connectivity index (χ4n) is 4.66. The molecule has 0 spiro atoms. The van der Waals surface area contributed by atoms with Gasteiger partial charge in [0.15, 0.2) is 5.82 Å². The van der Waals surface area contributed by atoms with Crippen LogP contribution in [-0.2, 0) is 9.47 Å². The predicted octanol–water partition coefficient (Wildman–Crippen LogP) is 4.08. The molecular formula is C25H28ClN5O5. The second-order valence-electron chi connectivity index (χ2n) is 9.81. The molecule has 2 aromatic rings. The molecule has 3 heterocycles. The number of aryl methyl sites for hydroxylation is 1. The monoisotopic (exact) mass is 513 g/mol. The number of rotatable bonds is 6. The van der Waals surface area contributed by atoms with Crippen molar-refractivity contribution in [3.8, 4) is 17.7 Å². The smallest absolute Gasteiger partial charge is 0.410 e. The third-order valence-corrected chi connectivity index (χ3v) is 7.27. The molecule has 1 amide bonds. The van der Waals surface area contributed by atoms with Crippen LogP contribution >= 0.6 is 11.6 Å². The quantitative estimate of drug-likeness (QED) is 0.609. The molecule has 1 aliphatic carbocycles. The minimum atomic E-state index is -0.315. The standard InChI is InChI=1S/C25H28ClN5O5/c1-14-6-19(18(26)7-15(14)8-27)30-22-21(33-3)23(29-13-28-22)35-20-16-9-31(10-17(20)12-34-11-16)24(32)36-25(2)4-5-25/h6-7,13,16-17,20H,4-5,9-12H2,1-3H3,(H,28,29,30). The summed E-state index contributed by atoms with van der Waals surface area (Å²) in [7, 11) is 1.52. The van der Waals surface area contributed by atoms with Crippen molar-refractivity contribution < 1.29 is 23.7 Å². The molecule has 2 atom stereocenters. The average molecular weight is 514 g/mol. The van der Waals surface area contributed by atoms with Crippen LogP contribution in [0.1, 0.15) is 30.9 Å². The number of benzene rings is 1. The summed E-state index contributed by atoms with van der Waals surface area (Å²) >= 11 is 6.38. The Balaban J connectivity index is 1.34. The van der Waals surface area contributed by atoms with Gasteiger partial charge in [0.2, 0.25) is 5.75 Å². The fourth-order valence-corrected chi connectivity index (χ4v) is 4.87. The summed E-state index contributed by atoms with van der Waals surface area (Å²) in [6.45, 7) is 5.70. The number of likely N-dealkylation sites (tertiary alicyclic amines) is 1. The number of hydrogen-bond donors (Lipinski definition) is 1. The third kappa shape index (κ3) is 4.86. The Hall–Kier alpha value is -3.29. The van der Waals surface area contributed by atoms with Gasteiger partial charge in [-0.2, -0.15) is 10.2 Å². The molecule has 2 saturated heterocycles. The number of halogens is 1. The van der Waals surface area contributed by atoms with Crippen molar-refractivity contribution in [1.82, 2.24) is 14.9 Å². The van der Waals surface area contributed by atoms with Crippen molar-refractivity contribution in [3.05, 3.63) is 34.6 Å². The highest BCUT2D eigenvalue weighted by Crippen LogP contribution is 2.41. The fraction of sp³-hybridized carbons (Fsp3) is 0.520. The number of nitriles is 1. The molecule has 2 bridgehead atoms. The number of nitrogens with one attached hydrogen (secondary N) is 1. The Morgan fingerprint density at radius 2 is 2.00 bits per heavy atom. The van der Waals surface area contributed by atoms with E-state index in [1.54, 1.807) is 17.0 Å². The average Bonchev–Trinajstić information content (AvgIpc) is 3.57. The van der Waals surface area contributed by atoms with E-state index in [1.807, 2.05) is 13.8 Å². The SMILES string of the molecule is COc1c(Nc2cc(C)c(C#N)cc2Cl)ncnc1OC1C2COCC1CN(C(=O)OC1(C)CC1)C2. The lowest BCUT2D eigenvalue weighted by Gasteiger charge is -2.46. The van der Waals surface area contributed by atoms with E-state index in [0.29, 0.717) is 60.0 Å². The van der Waals surface area contributed by atoms with Crippen LogP contribution in [0.2, 0.25) is 5.02 Å². The van der Waals surface area contributed by atoms with Crippen LogP contribution in [0.15, 0.2) is 18.5 Å². The second kappa shape index (κ2) is 9.64. The van der Waals surface area contributed by atoms with Crippen LogP contribution < -0.4 is 14.8 Å². The first-order valence-electron chi connectivity index (χ1n) is 11.9. The topological polar surface area (TPSA) is 119 Å². The zero-order valence-electron chi connectivity index (χ0n) is 20.4. The Labute approximate surface area is 214 Å². The van der Waals surface area contributed by atoms with Crippen molar-refractivity contribution >= 4 is 29.2 Å². The molecule has 3 aliphatic rings. The molecule has 1 aromatic carbocycles. The van der Waals surface area contributed by atoms with Gasteiger partial charge in [0, 0.05) is 24.9 Å². The number of methoxy groups -OCH3 is 1. The van der Waals surface area contributed by atoms with Crippen molar-refractivity contribution in [2.75, 3.05) is 38.7 Å². The van der Waals surface area contributed by atoms with Gasteiger partial charge >= 0.3 is 6.09 Å². The van der Waals surface area contributed by atoms with E-state index in [0.717, 1.165) is 18.4 Å². The van der Waals surface area contributed by atoms with Crippen LogP contribution in [0.5, 0.6) is 11.6 Å². The normalized spacial score (nSPS) is 23.9. The van der Waals surface area contributed by atoms with Gasteiger partial charge in [0.25, 0.3) is 5.88 Å². The largest absolute Gasteiger partial charge is 0.489 e. The van der Waals surface area contributed by atoms with Gasteiger partial charge in [0.05, 0.1) is 42.7 Å². The molecule has 1 aromatic heterocycles. The number of nitrogens with zero attached hydrogens (tertiary/aromatic N) is 4. The number of hydrogen-bond acceptors (Lipinski definition) is 9. The van der Waals surface area contributed by atoms with E-state index in [9.17, 15) is 10.1 Å². The summed E-state index contributed by atoms with van der Waals surface area (Å²) in [5.41, 5.74) is 1.55. The van der Waals surface area contributed by atoms with E-state index in [2.05, 4.69) is 21.4 Å². The van der Waals surface area contributed by atoms with Crippen LogP contribution in [0.4, 0.5) is 16.3 Å². The molecule has 10 nitrogen and oxygen atoms in total. The van der Waals surface area contributed by atoms with Gasteiger partial charge in [-0.25, -0.2) is 9.78 Å². The highest BCUT2D eigenvalue weighted by molar-refractivity contribution is 6.33. The Kier molecular flexibility index (Phi) is 6.53. The van der Waals surface area contributed by atoms with E-state index >= 15 is 0 Å². The van der Waals surface area contributed by atoms with Gasteiger partial charge in [0.1, 0.15) is 18.0 Å². The van der Waals surface area contributed by atoms with E-state index in [1.165, 1.54) is 13.4 Å². The number of anilines is 2. The lowest BCUT2D eigenvalue weighted by Crippen LogP contribution is -2.59. The predicted molar refractivity (Wildman–Crippen MR) is 131 cm³/mol. The zero-order chi connectivity index (χ0) is 25.4. The summed E-state index contributed by atoms with van der Waals surface area (Å²) in [4.78, 5) is 23.1. The van der Waals surface area contributed by atoms with Crippen molar-refractivity contribution in [2.24, 2.45) is 11.8 Å². The maximum absolute atomic E-state index is 12.7. The molecule has 1 saturated carbocycles. The van der Waals surface area contributed by atoms with Crippen molar-refractivity contribution in [3.63, 3.8) is 0 Å². The van der Waals surface area contributed by atoms with Crippen molar-refractivity contribution in [2.45, 2.75) is 38.4 Å². The molecule has 3 fully saturated rings. The number of fused-ring (bicyclic) bond motifs is 2. The highest BCUT2D eigenvalue weighted by Gasteiger charge is 2.47. The Bertz CT molecular complexity index is 1200. The summed E-state index contributed by atoms with van der Waals surface area (Å²) in [5.74, 6) is 0.930. The van der Waals surface area contributed by atoms with Gasteiger partial charge in [-0.1, -0.05) is 11.6 Å². The molecule has 5 rings (SSSR count). The minimum Gasteiger partial charge on any atom is -0.489 e. The third-order valence-electron chi connectivity index (χ3n) is 6.96. The van der Waals surface area contributed by atoms with E-state index in [-0.39, 0.29) is 29.6 Å². The first-order valence-corrected chi connectivity index (χ1v) is 12.3. The van der Waals surface area contributed by atoms with Gasteiger partial charge < -0.3 is 29.2 Å². The van der Waals surface area contributed by atoms with Crippen LogP contribution in [0.25, 0.3) is 0 Å². The molecule has 0 radical (unpaired) electrons. The Morgan fingerprint density at radius 1 is 1.28 bits per heavy atom. The molecule has 36 heavy (non-hydrogen) atoms. The number of amides is 1. The maximum atomic E-state index is 12.7. The highest BCUT2D eigenvalue weighted by atomic mass is 35.5. The Morgan fingerprint density at radius 3 is 2.64 bits per heavy atom. The summed E-state index contributed by atoms with van der Waals surface area (Å²) in [6, 6.07) is 5.51. The first kappa shape index (κ1) is 24.4. The number of aromatic nitrogens is 2. The second-order valence-corrected chi connectivity index (χ2v) is 10.2. The molecule has 2 aliphatic heterocycles. The summed E-state index contributed by atoms with van der Waals surface area (Å²) in [5, 5.41) is 12.8. The maximum Gasteiger partial charge on any atom is 0.410 e. The lowest BCUT2D eigenvalue weighted by molar-refractivity contribution is -0.112. The minimum absolute atomic E-state index is 0.0382. The molecule has 190 valence electrons. The lowest BCUT2D eigenvalue weighted by atomic mass is 9.84. The number of ether oxygens (including phenoxy) is 4. The van der Waals surface area contributed by atoms with E-state index in [4.69, 9.17) is 30.5 Å². The molecule has 1 N–H and O–H groups in total. The van der Waals surface area contributed by atoms with Crippen molar-refractivity contribution in [1.29, 1.82) is 5.26 Å². The van der Waals surface area contributed by atoms with Gasteiger partial charge in [-0.15, -0.1) is 0 Å².